The maximum Gasteiger partial charge on any atom is 0.282 e. The minimum absolute atomic E-state index is 0.0349. The van der Waals surface area contributed by atoms with Crippen LogP contribution in [0, 0.1) is 0 Å². The number of hydroxylamine groups is 1. The molecule has 0 spiro atoms. The summed E-state index contributed by atoms with van der Waals surface area (Å²) in [6, 6.07) is 6.47. The average Bonchev–Trinajstić information content (AvgIpc) is 2.67. The summed E-state index contributed by atoms with van der Waals surface area (Å²) in [4.78, 5) is 11.9. The number of carbonyl (C=O) groups excluding carboxylic acids is 1. The number of benzene rings is 1. The lowest BCUT2D eigenvalue weighted by atomic mass is 9.90. The van der Waals surface area contributed by atoms with E-state index in [4.69, 9.17) is 16.8 Å². The van der Waals surface area contributed by atoms with Gasteiger partial charge in [-0.05, 0) is 49.3 Å². The molecule has 2 heterocycles. The number of nitrogens with one attached hydrogen (secondary N) is 1. The van der Waals surface area contributed by atoms with Gasteiger partial charge in [0.1, 0.15) is 6.04 Å². The average molecular weight is 418 g/mol. The molecule has 1 aromatic carbocycles. The van der Waals surface area contributed by atoms with E-state index in [2.05, 4.69) is 0 Å². The van der Waals surface area contributed by atoms with E-state index in [1.165, 1.54) is 9.79 Å². The van der Waals surface area contributed by atoms with E-state index in [0.29, 0.717) is 31.0 Å². The Morgan fingerprint density at radius 2 is 1.74 bits per heavy atom. The Hall–Kier alpha value is -1.23. The summed E-state index contributed by atoms with van der Waals surface area (Å²) in [6.45, 7) is 0.739. The summed E-state index contributed by atoms with van der Waals surface area (Å²) >= 11 is 5.92. The van der Waals surface area contributed by atoms with Gasteiger partial charge in [0.25, 0.3) is 16.1 Å². The molecule has 0 bridgehead atoms. The van der Waals surface area contributed by atoms with E-state index in [1.807, 2.05) is 24.3 Å². The van der Waals surface area contributed by atoms with E-state index < -0.39 is 28.3 Å². The first kappa shape index (κ1) is 20.5. The third kappa shape index (κ3) is 4.44. The van der Waals surface area contributed by atoms with E-state index >= 15 is 0 Å². The van der Waals surface area contributed by atoms with Crippen molar-refractivity contribution >= 4 is 27.7 Å². The van der Waals surface area contributed by atoms with Crippen molar-refractivity contribution in [2.45, 2.75) is 43.7 Å². The smallest absolute Gasteiger partial charge is 0.282 e. The van der Waals surface area contributed by atoms with Crippen molar-refractivity contribution < 1.29 is 23.5 Å². The fraction of sp³-hybridized carbons (Fsp3) is 0.588. The number of rotatable bonds is 4. The number of aliphatic hydroxyl groups is 1. The molecule has 2 aliphatic heterocycles. The Balaban J connectivity index is 1.70. The molecule has 3 rings (SSSR count). The molecule has 3 N–H and O–H groups in total. The molecule has 2 aliphatic rings. The summed E-state index contributed by atoms with van der Waals surface area (Å²) in [5.41, 5.74) is 2.64. The molecule has 2 fully saturated rings. The van der Waals surface area contributed by atoms with Crippen LogP contribution in [0.25, 0.3) is 0 Å². The van der Waals surface area contributed by atoms with Gasteiger partial charge in [-0.1, -0.05) is 23.7 Å². The van der Waals surface area contributed by atoms with Crippen LogP contribution in [0.3, 0.4) is 0 Å². The highest BCUT2D eigenvalue weighted by atomic mass is 35.5. The lowest BCUT2D eigenvalue weighted by Gasteiger charge is -2.40. The summed E-state index contributed by atoms with van der Waals surface area (Å²) < 4.78 is 28.6. The van der Waals surface area contributed by atoms with E-state index in [-0.39, 0.29) is 25.3 Å². The second-order valence-electron chi connectivity index (χ2n) is 7.01. The Morgan fingerprint density at radius 1 is 1.11 bits per heavy atom. The van der Waals surface area contributed by atoms with Crippen molar-refractivity contribution in [2.75, 3.05) is 19.6 Å². The van der Waals surface area contributed by atoms with Crippen LogP contribution in [0.15, 0.2) is 24.3 Å². The predicted octanol–water partition coefficient (Wildman–Crippen LogP) is 1.09. The van der Waals surface area contributed by atoms with Gasteiger partial charge in [0.15, 0.2) is 0 Å². The summed E-state index contributed by atoms with van der Waals surface area (Å²) in [5, 5.41) is 19.4. The van der Waals surface area contributed by atoms with Gasteiger partial charge in [0, 0.05) is 24.7 Å². The third-order valence-corrected chi connectivity index (χ3v) is 7.66. The van der Waals surface area contributed by atoms with Crippen molar-refractivity contribution in [3.63, 3.8) is 0 Å². The van der Waals surface area contributed by atoms with Crippen molar-refractivity contribution in [1.29, 1.82) is 0 Å². The predicted molar refractivity (Wildman–Crippen MR) is 99.6 cm³/mol. The van der Waals surface area contributed by atoms with Crippen molar-refractivity contribution in [2.24, 2.45) is 0 Å². The summed E-state index contributed by atoms with van der Waals surface area (Å²) in [7, 11) is -3.86. The van der Waals surface area contributed by atoms with Crippen LogP contribution in [0.4, 0.5) is 0 Å². The normalized spacial score (nSPS) is 26.0. The summed E-state index contributed by atoms with van der Waals surface area (Å²) in [5.74, 6) is -0.568. The molecule has 2 saturated heterocycles. The number of carbonyl (C=O) groups is 1. The van der Waals surface area contributed by atoms with Crippen LogP contribution in [-0.4, -0.2) is 65.0 Å². The van der Waals surface area contributed by atoms with Crippen LogP contribution in [0.1, 0.15) is 37.2 Å². The maximum absolute atomic E-state index is 13.1. The Bertz CT molecular complexity index is 765. The van der Waals surface area contributed by atoms with E-state index in [0.717, 1.165) is 9.87 Å². The van der Waals surface area contributed by atoms with Crippen LogP contribution < -0.4 is 5.48 Å². The highest BCUT2D eigenvalue weighted by molar-refractivity contribution is 7.86. The molecule has 1 unspecified atom stereocenters. The zero-order valence-electron chi connectivity index (χ0n) is 14.8. The first-order valence-corrected chi connectivity index (χ1v) is 10.7. The zero-order chi connectivity index (χ0) is 19.6. The van der Waals surface area contributed by atoms with Gasteiger partial charge in [-0.15, -0.1) is 0 Å². The summed E-state index contributed by atoms with van der Waals surface area (Å²) in [6.07, 6.45) is 0.805. The molecule has 1 amide bonds. The van der Waals surface area contributed by atoms with Crippen LogP contribution in [0.2, 0.25) is 5.02 Å². The molecular weight excluding hydrogens is 394 g/mol. The fourth-order valence-corrected chi connectivity index (χ4v) is 5.75. The molecule has 10 heteroatoms. The van der Waals surface area contributed by atoms with Crippen molar-refractivity contribution in [1.82, 2.24) is 14.1 Å². The molecule has 0 radical (unpaired) electrons. The first-order valence-electron chi connectivity index (χ1n) is 8.97. The number of nitrogens with zero attached hydrogens (tertiary/aromatic N) is 2. The topological polar surface area (TPSA) is 110 Å². The largest absolute Gasteiger partial charge is 0.393 e. The van der Waals surface area contributed by atoms with Crippen LogP contribution in [-0.2, 0) is 15.0 Å². The van der Waals surface area contributed by atoms with Gasteiger partial charge in [-0.2, -0.15) is 17.0 Å². The number of hydrogen-bond acceptors (Lipinski definition) is 5. The molecule has 0 saturated carbocycles. The molecular formula is C17H24ClN3O5S. The van der Waals surface area contributed by atoms with Gasteiger partial charge in [0.2, 0.25) is 0 Å². The lowest BCUT2D eigenvalue weighted by molar-refractivity contribution is -0.135. The number of hydrogen-bond donors (Lipinski definition) is 3. The van der Waals surface area contributed by atoms with Crippen LogP contribution >= 0.6 is 11.6 Å². The second kappa shape index (κ2) is 8.42. The number of aliphatic hydroxyl groups excluding tert-OH is 1. The molecule has 0 aromatic heterocycles. The van der Waals surface area contributed by atoms with E-state index in [1.54, 1.807) is 0 Å². The highest BCUT2D eigenvalue weighted by Gasteiger charge is 2.43. The Morgan fingerprint density at radius 3 is 2.33 bits per heavy atom. The maximum atomic E-state index is 13.1. The van der Waals surface area contributed by atoms with E-state index in [9.17, 15) is 18.3 Å². The quantitative estimate of drug-likeness (QED) is 0.502. The highest BCUT2D eigenvalue weighted by Crippen LogP contribution is 2.32. The van der Waals surface area contributed by atoms with Crippen molar-refractivity contribution in [3.8, 4) is 0 Å². The minimum Gasteiger partial charge on any atom is -0.393 e. The molecule has 0 aliphatic carbocycles. The van der Waals surface area contributed by atoms with Crippen LogP contribution in [0.5, 0.6) is 0 Å². The Kier molecular flexibility index (Phi) is 6.39. The van der Waals surface area contributed by atoms with Gasteiger partial charge >= 0.3 is 0 Å². The van der Waals surface area contributed by atoms with Gasteiger partial charge in [-0.3, -0.25) is 10.0 Å². The van der Waals surface area contributed by atoms with Crippen molar-refractivity contribution in [3.05, 3.63) is 34.9 Å². The lowest BCUT2D eigenvalue weighted by Crippen LogP contribution is -2.58. The van der Waals surface area contributed by atoms with Gasteiger partial charge in [-0.25, -0.2) is 5.48 Å². The molecule has 1 aromatic rings. The minimum atomic E-state index is -3.86. The fourth-order valence-electron chi connectivity index (χ4n) is 3.82. The standard InChI is InChI=1S/C17H24ClN3O5S/c18-14-3-1-12(2-4-14)13-5-8-20(9-6-13)27(25,26)21-10-7-15(22)11-16(21)17(23)19-24/h1-4,13,15-16,22,24H,5-11H2,(H,19,23)/t15?,16-/m1/s1. The SMILES string of the molecule is O=C(NO)[C@H]1CC(O)CCN1S(=O)(=O)N1CCC(c2ccc(Cl)cc2)CC1. The monoisotopic (exact) mass is 417 g/mol. The van der Waals surface area contributed by atoms with Gasteiger partial charge < -0.3 is 5.11 Å². The molecule has 8 nitrogen and oxygen atoms in total. The number of halogens is 1. The third-order valence-electron chi connectivity index (χ3n) is 5.36. The molecule has 150 valence electrons. The molecule has 27 heavy (non-hydrogen) atoms. The zero-order valence-corrected chi connectivity index (χ0v) is 16.4. The van der Waals surface area contributed by atoms with Gasteiger partial charge in [0.05, 0.1) is 6.10 Å². The Labute approximate surface area is 163 Å². The number of piperidine rings is 2. The first-order chi connectivity index (χ1) is 12.8. The number of amides is 1. The molecule has 2 atom stereocenters. The second-order valence-corrected chi connectivity index (χ2v) is 9.33.